The second-order valence-electron chi connectivity index (χ2n) is 9.59. The van der Waals surface area contributed by atoms with Crippen molar-refractivity contribution in [2.24, 2.45) is 0 Å². The van der Waals surface area contributed by atoms with Gasteiger partial charge in [0.2, 0.25) is 10.0 Å². The summed E-state index contributed by atoms with van der Waals surface area (Å²) in [5.74, 6) is -1.44. The van der Waals surface area contributed by atoms with E-state index < -0.39 is 45.2 Å². The lowest BCUT2D eigenvalue weighted by atomic mass is 9.85. The van der Waals surface area contributed by atoms with Crippen LogP contribution in [0.4, 0.5) is 8.78 Å². The highest BCUT2D eigenvalue weighted by atomic mass is 32.2. The number of hydrogen-bond acceptors (Lipinski definition) is 6. The zero-order valence-electron chi connectivity index (χ0n) is 20.3. The number of aliphatic hydroxyl groups is 2. The monoisotopic (exact) mass is 525 g/mol. The van der Waals surface area contributed by atoms with E-state index in [0.29, 0.717) is 18.4 Å². The summed E-state index contributed by atoms with van der Waals surface area (Å²) in [5, 5.41) is 18.1. The summed E-state index contributed by atoms with van der Waals surface area (Å²) in [5.41, 5.74) is -0.604. The minimum Gasteiger partial charge on any atom is -0.394 e. The molecule has 0 aromatic heterocycles. The van der Waals surface area contributed by atoms with E-state index in [1.54, 1.807) is 31.2 Å². The second kappa shape index (κ2) is 11.2. The Kier molecular flexibility index (Phi) is 8.43. The highest BCUT2D eigenvalue weighted by molar-refractivity contribution is 7.89. The number of ether oxygens (including phenoxy) is 2. The van der Waals surface area contributed by atoms with Crippen molar-refractivity contribution in [3.8, 4) is 0 Å². The van der Waals surface area contributed by atoms with Gasteiger partial charge in [-0.15, -0.1) is 0 Å². The first-order valence-electron chi connectivity index (χ1n) is 12.2. The van der Waals surface area contributed by atoms with Gasteiger partial charge in [-0.3, -0.25) is 0 Å². The highest BCUT2D eigenvalue weighted by Gasteiger charge is 2.42. The molecule has 36 heavy (non-hydrogen) atoms. The molecule has 10 heteroatoms. The Morgan fingerprint density at radius 3 is 2.50 bits per heavy atom. The third-order valence-corrected chi connectivity index (χ3v) is 9.58. The van der Waals surface area contributed by atoms with Gasteiger partial charge >= 0.3 is 0 Å². The molecule has 2 N–H and O–H groups in total. The molecule has 2 aliphatic rings. The van der Waals surface area contributed by atoms with Crippen LogP contribution in [0, 0.1) is 11.6 Å². The van der Waals surface area contributed by atoms with Gasteiger partial charge in [0.1, 0.15) is 28.6 Å². The Labute approximate surface area is 210 Å². The van der Waals surface area contributed by atoms with Crippen LogP contribution in [0.15, 0.2) is 42.5 Å². The quantitative estimate of drug-likeness (QED) is 0.549. The van der Waals surface area contributed by atoms with E-state index in [2.05, 4.69) is 0 Å². The summed E-state index contributed by atoms with van der Waals surface area (Å²) in [7, 11) is -3.81. The molecular formula is C26H33F2NO6S. The van der Waals surface area contributed by atoms with Gasteiger partial charge in [0.15, 0.2) is 0 Å². The van der Waals surface area contributed by atoms with Crippen LogP contribution >= 0.6 is 0 Å². The molecule has 2 aromatic carbocycles. The summed E-state index contributed by atoms with van der Waals surface area (Å²) < 4.78 is 70.4. The Balaban J connectivity index is 1.63. The number of sulfonamides is 1. The number of aliphatic hydroxyl groups excluding tert-OH is 2. The molecule has 2 aliphatic heterocycles. The fourth-order valence-electron chi connectivity index (χ4n) is 5.08. The SMILES string of the molecule is C[C@H]1CC[C@H](c2ccccc2)S(=O)(=O)N1Cc1cc(F)c(C2(OCC(O)CO)CCOCC2)cc1F. The molecule has 0 spiro atoms. The third-order valence-electron chi connectivity index (χ3n) is 7.21. The summed E-state index contributed by atoms with van der Waals surface area (Å²) in [6.45, 7) is 1.26. The number of hydrogen-bond donors (Lipinski definition) is 2. The Hall–Kier alpha value is -1.95. The van der Waals surface area contributed by atoms with Gasteiger partial charge in [0, 0.05) is 49.8 Å². The van der Waals surface area contributed by atoms with Crippen LogP contribution in [-0.2, 0) is 31.6 Å². The van der Waals surface area contributed by atoms with Crippen molar-refractivity contribution in [2.75, 3.05) is 26.4 Å². The van der Waals surface area contributed by atoms with E-state index in [9.17, 15) is 13.5 Å². The number of nitrogens with zero attached hydrogens (tertiary/aromatic N) is 1. The number of halogens is 2. The van der Waals surface area contributed by atoms with Crippen molar-refractivity contribution in [3.63, 3.8) is 0 Å². The summed E-state index contributed by atoms with van der Waals surface area (Å²) >= 11 is 0. The first-order valence-corrected chi connectivity index (χ1v) is 13.7. The smallest absolute Gasteiger partial charge is 0.221 e. The molecule has 0 bridgehead atoms. The van der Waals surface area contributed by atoms with Gasteiger partial charge in [-0.25, -0.2) is 17.2 Å². The Morgan fingerprint density at radius 2 is 1.83 bits per heavy atom. The highest BCUT2D eigenvalue weighted by Crippen LogP contribution is 2.41. The van der Waals surface area contributed by atoms with Gasteiger partial charge < -0.3 is 19.7 Å². The lowest BCUT2D eigenvalue weighted by Gasteiger charge is -2.39. The maximum atomic E-state index is 15.5. The van der Waals surface area contributed by atoms with Crippen molar-refractivity contribution >= 4 is 10.0 Å². The summed E-state index contributed by atoms with van der Waals surface area (Å²) in [4.78, 5) is 0. The topological polar surface area (TPSA) is 96.3 Å². The van der Waals surface area contributed by atoms with Gasteiger partial charge in [0.25, 0.3) is 0 Å². The zero-order valence-corrected chi connectivity index (χ0v) is 21.1. The van der Waals surface area contributed by atoms with Crippen LogP contribution in [0.25, 0.3) is 0 Å². The van der Waals surface area contributed by atoms with E-state index in [1.165, 1.54) is 4.31 Å². The van der Waals surface area contributed by atoms with E-state index >= 15 is 8.78 Å². The van der Waals surface area contributed by atoms with Gasteiger partial charge in [-0.05, 0) is 37.5 Å². The van der Waals surface area contributed by atoms with E-state index in [-0.39, 0.29) is 56.4 Å². The molecule has 2 fully saturated rings. The molecule has 198 valence electrons. The molecule has 0 amide bonds. The lowest BCUT2D eigenvalue weighted by Crippen LogP contribution is -2.45. The van der Waals surface area contributed by atoms with Crippen molar-refractivity contribution in [3.05, 3.63) is 70.8 Å². The Morgan fingerprint density at radius 1 is 1.14 bits per heavy atom. The molecule has 2 aromatic rings. The van der Waals surface area contributed by atoms with Gasteiger partial charge in [0.05, 0.1) is 13.2 Å². The molecular weight excluding hydrogens is 492 g/mol. The normalized spacial score (nSPS) is 24.9. The first-order chi connectivity index (χ1) is 17.2. The lowest BCUT2D eigenvalue weighted by molar-refractivity contribution is -0.141. The average Bonchev–Trinajstić information content (AvgIpc) is 2.87. The molecule has 0 aliphatic carbocycles. The van der Waals surface area contributed by atoms with Gasteiger partial charge in [-0.1, -0.05) is 30.3 Å². The molecule has 7 nitrogen and oxygen atoms in total. The minimum atomic E-state index is -3.81. The minimum absolute atomic E-state index is 0.00565. The van der Waals surface area contributed by atoms with Crippen molar-refractivity contribution in [2.45, 2.75) is 62.1 Å². The largest absolute Gasteiger partial charge is 0.394 e. The molecule has 0 radical (unpaired) electrons. The fraction of sp³-hybridized carbons (Fsp3) is 0.538. The van der Waals surface area contributed by atoms with Crippen LogP contribution in [0.2, 0.25) is 0 Å². The van der Waals surface area contributed by atoms with Crippen LogP contribution in [0.1, 0.15) is 54.5 Å². The maximum Gasteiger partial charge on any atom is 0.221 e. The van der Waals surface area contributed by atoms with E-state index in [4.69, 9.17) is 14.6 Å². The van der Waals surface area contributed by atoms with Crippen LogP contribution in [0.5, 0.6) is 0 Å². The van der Waals surface area contributed by atoms with Gasteiger partial charge in [-0.2, -0.15) is 4.31 Å². The van der Waals surface area contributed by atoms with E-state index in [1.807, 2.05) is 6.07 Å². The van der Waals surface area contributed by atoms with Crippen LogP contribution < -0.4 is 0 Å². The van der Waals surface area contributed by atoms with Crippen LogP contribution in [-0.4, -0.2) is 61.5 Å². The molecule has 3 atom stereocenters. The summed E-state index contributed by atoms with van der Waals surface area (Å²) in [6.07, 6.45) is 0.404. The first kappa shape index (κ1) is 27.1. The number of rotatable bonds is 8. The van der Waals surface area contributed by atoms with E-state index in [0.717, 1.165) is 12.1 Å². The summed E-state index contributed by atoms with van der Waals surface area (Å²) in [6, 6.07) is 10.7. The fourth-order valence-corrected chi connectivity index (χ4v) is 7.27. The predicted octanol–water partition coefficient (Wildman–Crippen LogP) is 3.40. The predicted molar refractivity (Wildman–Crippen MR) is 129 cm³/mol. The van der Waals surface area contributed by atoms with Crippen molar-refractivity contribution < 1.29 is 36.9 Å². The van der Waals surface area contributed by atoms with Crippen LogP contribution in [0.3, 0.4) is 0 Å². The number of benzene rings is 2. The standard InChI is InChI=1S/C26H33F2NO6S/c1-18-7-8-25(19-5-3-2-4-6-19)36(32,33)29(18)15-20-13-24(28)22(14-23(20)27)26(9-11-34-12-10-26)35-17-21(31)16-30/h2-6,13-14,18,21,25,30-31H,7-12,15-17H2,1H3/t18-,21?,25+/m0/s1. The second-order valence-corrected chi connectivity index (χ2v) is 11.7. The average molecular weight is 526 g/mol. The van der Waals surface area contributed by atoms with Crippen molar-refractivity contribution in [1.82, 2.24) is 4.31 Å². The molecule has 1 unspecified atom stereocenters. The molecule has 0 saturated carbocycles. The molecule has 2 heterocycles. The maximum absolute atomic E-state index is 15.5. The third kappa shape index (κ3) is 5.49. The molecule has 4 rings (SSSR count). The zero-order chi connectivity index (χ0) is 25.9. The Bertz CT molecular complexity index is 1140. The molecule has 2 saturated heterocycles. The van der Waals surface area contributed by atoms with Crippen molar-refractivity contribution in [1.29, 1.82) is 0 Å².